The minimum absolute atomic E-state index is 0.0243. The Morgan fingerprint density at radius 3 is 2.33 bits per heavy atom. The van der Waals surface area contributed by atoms with Gasteiger partial charge in [-0.25, -0.2) is 8.42 Å². The van der Waals surface area contributed by atoms with E-state index >= 15 is 0 Å². The Balaban J connectivity index is 2.36. The maximum Gasteiger partial charge on any atom is 0.155 e. The van der Waals surface area contributed by atoms with Gasteiger partial charge in [-0.3, -0.25) is 0 Å². The lowest BCUT2D eigenvalue weighted by molar-refractivity contribution is 0.596. The maximum absolute atomic E-state index is 10.9. The molecule has 1 aliphatic carbocycles. The van der Waals surface area contributed by atoms with Gasteiger partial charge in [0, 0.05) is 6.04 Å². The molecule has 4 heteroatoms. The topological polar surface area (TPSA) is 60.2 Å². The van der Waals surface area contributed by atoms with E-state index in [1.165, 1.54) is 0 Å². The Morgan fingerprint density at radius 2 is 2.11 bits per heavy atom. The zero-order valence-corrected chi connectivity index (χ0v) is 5.76. The highest BCUT2D eigenvalue weighted by molar-refractivity contribution is 7.92. The van der Waals surface area contributed by atoms with Crippen LogP contribution in [0.2, 0.25) is 0 Å². The first-order chi connectivity index (χ1) is 4.13. The molecular formula is C5H9NO2S. The highest BCUT2D eigenvalue weighted by Crippen LogP contribution is 2.45. The van der Waals surface area contributed by atoms with Crippen molar-refractivity contribution in [3.63, 3.8) is 0 Å². The van der Waals surface area contributed by atoms with E-state index in [-0.39, 0.29) is 11.3 Å². The van der Waals surface area contributed by atoms with Crippen LogP contribution < -0.4 is 5.73 Å². The number of sulfone groups is 1. The van der Waals surface area contributed by atoms with Crippen molar-refractivity contribution in [2.24, 2.45) is 11.7 Å². The van der Waals surface area contributed by atoms with Crippen molar-refractivity contribution < 1.29 is 8.42 Å². The van der Waals surface area contributed by atoms with Crippen molar-refractivity contribution in [2.45, 2.75) is 17.7 Å². The molecular weight excluding hydrogens is 138 g/mol. The minimum atomic E-state index is -2.73. The van der Waals surface area contributed by atoms with E-state index in [2.05, 4.69) is 0 Å². The minimum Gasteiger partial charge on any atom is -0.326 e. The summed E-state index contributed by atoms with van der Waals surface area (Å²) in [5.41, 5.74) is 5.47. The van der Waals surface area contributed by atoms with Crippen LogP contribution in [0, 0.1) is 5.92 Å². The van der Waals surface area contributed by atoms with Gasteiger partial charge in [0.1, 0.15) is 0 Å². The predicted octanol–water partition coefficient (Wildman–Crippen LogP) is -0.869. The van der Waals surface area contributed by atoms with Crippen molar-refractivity contribution in [1.29, 1.82) is 0 Å². The van der Waals surface area contributed by atoms with Crippen LogP contribution in [0.3, 0.4) is 0 Å². The summed E-state index contributed by atoms with van der Waals surface area (Å²) in [6.07, 6.45) is 0.800. The molecule has 3 atom stereocenters. The summed E-state index contributed by atoms with van der Waals surface area (Å²) in [6, 6.07) is -0.0243. The summed E-state index contributed by atoms with van der Waals surface area (Å²) < 4.78 is 21.9. The molecule has 0 aromatic carbocycles. The Labute approximate surface area is 54.2 Å². The maximum atomic E-state index is 10.9. The van der Waals surface area contributed by atoms with Crippen LogP contribution in [0.5, 0.6) is 0 Å². The number of nitrogens with two attached hydrogens (primary N) is 1. The first-order valence-corrected chi connectivity index (χ1v) is 4.81. The van der Waals surface area contributed by atoms with Gasteiger partial charge in [0.15, 0.2) is 9.84 Å². The van der Waals surface area contributed by atoms with Gasteiger partial charge in [-0.15, -0.1) is 0 Å². The lowest BCUT2D eigenvalue weighted by Crippen LogP contribution is -2.18. The molecule has 0 spiro atoms. The summed E-state index contributed by atoms with van der Waals surface area (Å²) >= 11 is 0. The highest BCUT2D eigenvalue weighted by Gasteiger charge is 2.60. The number of fused-ring (bicyclic) bond motifs is 1. The van der Waals surface area contributed by atoms with Crippen LogP contribution in [0.1, 0.15) is 6.42 Å². The van der Waals surface area contributed by atoms with Gasteiger partial charge >= 0.3 is 0 Å². The predicted molar refractivity (Wildman–Crippen MR) is 33.7 cm³/mol. The molecule has 1 saturated heterocycles. The van der Waals surface area contributed by atoms with Crippen LogP contribution in [0.4, 0.5) is 0 Å². The average molecular weight is 147 g/mol. The van der Waals surface area contributed by atoms with E-state index in [4.69, 9.17) is 5.73 Å². The fourth-order valence-corrected chi connectivity index (χ4v) is 3.98. The third-order valence-electron chi connectivity index (χ3n) is 2.31. The normalized spacial score (nSPS) is 52.8. The number of hydrogen-bond acceptors (Lipinski definition) is 3. The second-order valence-electron chi connectivity index (χ2n) is 2.86. The molecule has 52 valence electrons. The lowest BCUT2D eigenvalue weighted by atomic mass is 10.3. The van der Waals surface area contributed by atoms with E-state index in [1.54, 1.807) is 0 Å². The molecule has 0 aromatic rings. The molecule has 1 saturated carbocycles. The van der Waals surface area contributed by atoms with Crippen LogP contribution >= 0.6 is 0 Å². The van der Waals surface area contributed by atoms with Gasteiger partial charge in [0.05, 0.1) is 11.0 Å². The fourth-order valence-electron chi connectivity index (χ4n) is 1.67. The third-order valence-corrected chi connectivity index (χ3v) is 4.60. The van der Waals surface area contributed by atoms with E-state index in [0.717, 1.165) is 6.42 Å². The molecule has 0 radical (unpaired) electrons. The Hall–Kier alpha value is -0.0900. The fraction of sp³-hybridized carbons (Fsp3) is 1.00. The van der Waals surface area contributed by atoms with Crippen molar-refractivity contribution in [1.82, 2.24) is 0 Å². The lowest BCUT2D eigenvalue weighted by Gasteiger charge is -1.94. The van der Waals surface area contributed by atoms with Crippen molar-refractivity contribution in [3.05, 3.63) is 0 Å². The van der Waals surface area contributed by atoms with Crippen molar-refractivity contribution >= 4 is 9.84 Å². The van der Waals surface area contributed by atoms with Crippen LogP contribution in [-0.2, 0) is 9.84 Å². The second kappa shape index (κ2) is 1.32. The van der Waals surface area contributed by atoms with Crippen LogP contribution in [-0.4, -0.2) is 25.5 Å². The van der Waals surface area contributed by atoms with Crippen LogP contribution in [0.15, 0.2) is 0 Å². The smallest absolute Gasteiger partial charge is 0.155 e. The molecule has 2 rings (SSSR count). The van der Waals surface area contributed by atoms with E-state index in [9.17, 15) is 8.42 Å². The molecule has 0 bridgehead atoms. The van der Waals surface area contributed by atoms with Crippen LogP contribution in [0.25, 0.3) is 0 Å². The molecule has 2 N–H and O–H groups in total. The Bertz CT molecular complexity index is 233. The van der Waals surface area contributed by atoms with E-state index in [1.807, 2.05) is 0 Å². The van der Waals surface area contributed by atoms with Gasteiger partial charge in [-0.1, -0.05) is 0 Å². The number of rotatable bonds is 0. The molecule has 2 aliphatic rings. The molecule has 2 fully saturated rings. The van der Waals surface area contributed by atoms with Gasteiger partial charge < -0.3 is 5.73 Å². The summed E-state index contributed by atoms with van der Waals surface area (Å²) in [5.74, 6) is 0.686. The second-order valence-corrected chi connectivity index (χ2v) is 5.14. The first-order valence-electron chi connectivity index (χ1n) is 3.10. The molecule has 1 aliphatic heterocycles. The zero-order chi connectivity index (χ0) is 6.65. The Morgan fingerprint density at radius 1 is 1.44 bits per heavy atom. The van der Waals surface area contributed by atoms with Crippen molar-refractivity contribution in [2.75, 3.05) is 5.75 Å². The van der Waals surface area contributed by atoms with Gasteiger partial charge in [-0.05, 0) is 12.3 Å². The largest absolute Gasteiger partial charge is 0.326 e. The monoisotopic (exact) mass is 147 g/mol. The van der Waals surface area contributed by atoms with Crippen molar-refractivity contribution in [3.8, 4) is 0 Å². The van der Waals surface area contributed by atoms with E-state index < -0.39 is 9.84 Å². The van der Waals surface area contributed by atoms with Gasteiger partial charge in [0.2, 0.25) is 0 Å². The third kappa shape index (κ3) is 0.576. The molecule has 3 nitrogen and oxygen atoms in total. The molecule has 9 heavy (non-hydrogen) atoms. The van der Waals surface area contributed by atoms with E-state index in [0.29, 0.717) is 11.7 Å². The highest BCUT2D eigenvalue weighted by atomic mass is 32.2. The standard InChI is InChI=1S/C5H9NO2S/c6-4-3-1-2-9(7,8)5(3)4/h3-5H,1-2,6H2/t3-,4?,5-/m1/s1. The SMILES string of the molecule is NC1[C@H]2CCS(=O)(=O)[C@@H]12. The molecule has 0 amide bonds. The average Bonchev–Trinajstić information content (AvgIpc) is 2.24. The summed E-state index contributed by atoms with van der Waals surface area (Å²) in [6.45, 7) is 0. The first kappa shape index (κ1) is 5.68. The summed E-state index contributed by atoms with van der Waals surface area (Å²) in [4.78, 5) is 0. The van der Waals surface area contributed by atoms with Gasteiger partial charge in [0.25, 0.3) is 0 Å². The Kier molecular flexibility index (Phi) is 0.833. The zero-order valence-electron chi connectivity index (χ0n) is 4.95. The van der Waals surface area contributed by atoms with Gasteiger partial charge in [-0.2, -0.15) is 0 Å². The molecule has 1 heterocycles. The number of hydrogen-bond donors (Lipinski definition) is 1. The quantitative estimate of drug-likeness (QED) is 0.484. The molecule has 0 aromatic heterocycles. The molecule has 1 unspecified atom stereocenters. The summed E-state index contributed by atoms with van der Waals surface area (Å²) in [7, 11) is -2.73. The summed E-state index contributed by atoms with van der Waals surface area (Å²) in [5, 5.41) is -0.155.